The van der Waals surface area contributed by atoms with E-state index in [4.69, 9.17) is 4.98 Å². The second-order valence-corrected chi connectivity index (χ2v) is 6.08. The van der Waals surface area contributed by atoms with E-state index in [1.54, 1.807) is 6.33 Å². The van der Waals surface area contributed by atoms with Crippen molar-refractivity contribution in [1.29, 1.82) is 0 Å². The molecule has 3 heterocycles. The van der Waals surface area contributed by atoms with Gasteiger partial charge in [0, 0.05) is 25.3 Å². The number of rotatable bonds is 4. The molecule has 7 nitrogen and oxygen atoms in total. The maximum atomic E-state index is 4.75. The van der Waals surface area contributed by atoms with Gasteiger partial charge in [-0.2, -0.15) is 9.97 Å². The Balaban J connectivity index is 0.00000121. The van der Waals surface area contributed by atoms with Crippen molar-refractivity contribution in [1.82, 2.24) is 25.3 Å². The smallest absolute Gasteiger partial charge is 0.229 e. The number of likely N-dealkylation sites (N-methyl/N-ethyl adjacent to an activating group) is 1. The molecule has 1 aliphatic rings. The van der Waals surface area contributed by atoms with Crippen LogP contribution in [0.25, 0.3) is 11.2 Å². The average Bonchev–Trinajstić information content (AvgIpc) is 3.11. The Labute approximate surface area is 164 Å². The number of nitrogens with one attached hydrogen (secondary N) is 3. The summed E-state index contributed by atoms with van der Waals surface area (Å²) in [7, 11) is 2.05. The van der Waals surface area contributed by atoms with E-state index < -0.39 is 0 Å². The lowest BCUT2D eigenvalue weighted by Gasteiger charge is -2.31. The van der Waals surface area contributed by atoms with Crippen molar-refractivity contribution >= 4 is 53.4 Å². The lowest BCUT2D eigenvalue weighted by Crippen LogP contribution is -2.44. The molecular weight excluding hydrogens is 373 g/mol. The van der Waals surface area contributed by atoms with Crippen LogP contribution in [0.4, 0.5) is 17.5 Å². The van der Waals surface area contributed by atoms with Crippen molar-refractivity contribution in [2.75, 3.05) is 30.4 Å². The number of nitrogens with zero attached hydrogens (tertiary/aromatic N) is 4. The molecule has 0 saturated carbocycles. The molecule has 4 rings (SSSR count). The van der Waals surface area contributed by atoms with Crippen LogP contribution in [0.1, 0.15) is 12.8 Å². The van der Waals surface area contributed by atoms with Crippen LogP contribution in [-0.2, 0) is 0 Å². The zero-order chi connectivity index (χ0) is 16.4. The summed E-state index contributed by atoms with van der Waals surface area (Å²) in [6.45, 7) is 2.05. The Hall–Kier alpha value is -2.09. The number of H-pyrrole nitrogens is 1. The molecule has 1 saturated heterocycles. The summed E-state index contributed by atoms with van der Waals surface area (Å²) in [5.41, 5.74) is 2.48. The van der Waals surface area contributed by atoms with Crippen LogP contribution in [0, 0.1) is 0 Å². The van der Waals surface area contributed by atoms with Gasteiger partial charge in [-0.25, -0.2) is 4.98 Å². The number of benzene rings is 1. The standard InChI is InChI=1S/C17H21N7.2ClH/c1-24(13-8-5-9-18-10-13)17-22-15-14(19-11-20-15)16(23-17)21-12-6-3-2-4-7-12;;/h2-4,6-7,11,13,18H,5,8-10H2,1H3,(H2,19,20,21,22,23);2*1H. The van der Waals surface area contributed by atoms with Crippen LogP contribution in [0.15, 0.2) is 36.7 Å². The third-order valence-corrected chi connectivity index (χ3v) is 4.44. The van der Waals surface area contributed by atoms with E-state index in [2.05, 4.69) is 37.5 Å². The van der Waals surface area contributed by atoms with Gasteiger partial charge in [-0.1, -0.05) is 18.2 Å². The number of aromatic nitrogens is 4. The van der Waals surface area contributed by atoms with E-state index in [1.165, 1.54) is 6.42 Å². The molecule has 0 aliphatic carbocycles. The molecule has 26 heavy (non-hydrogen) atoms. The molecule has 0 spiro atoms. The topological polar surface area (TPSA) is 81.8 Å². The number of para-hydroxylation sites is 1. The van der Waals surface area contributed by atoms with Crippen molar-refractivity contribution in [2.24, 2.45) is 0 Å². The molecular formula is C17H23Cl2N7. The van der Waals surface area contributed by atoms with Crippen molar-refractivity contribution in [3.63, 3.8) is 0 Å². The molecule has 1 atom stereocenters. The van der Waals surface area contributed by atoms with Gasteiger partial charge < -0.3 is 20.5 Å². The minimum Gasteiger partial charge on any atom is -0.340 e. The Morgan fingerprint density at radius 3 is 2.69 bits per heavy atom. The summed E-state index contributed by atoms with van der Waals surface area (Å²) in [5, 5.41) is 6.80. The normalized spacial score (nSPS) is 16.4. The Bertz CT molecular complexity index is 818. The molecule has 1 fully saturated rings. The van der Waals surface area contributed by atoms with Gasteiger partial charge in [0.2, 0.25) is 5.95 Å². The monoisotopic (exact) mass is 395 g/mol. The summed E-state index contributed by atoms with van der Waals surface area (Å²) >= 11 is 0. The lowest BCUT2D eigenvalue weighted by molar-refractivity contribution is 0.441. The summed E-state index contributed by atoms with van der Waals surface area (Å²) in [6.07, 6.45) is 3.98. The maximum Gasteiger partial charge on any atom is 0.229 e. The lowest BCUT2D eigenvalue weighted by atomic mass is 10.1. The highest BCUT2D eigenvalue weighted by molar-refractivity contribution is 5.86. The molecule has 9 heteroatoms. The van der Waals surface area contributed by atoms with E-state index in [1.807, 2.05) is 30.3 Å². The second kappa shape index (κ2) is 9.02. The number of halogens is 2. The predicted molar refractivity (Wildman–Crippen MR) is 110 cm³/mol. The van der Waals surface area contributed by atoms with Crippen LogP contribution in [-0.4, -0.2) is 46.1 Å². The van der Waals surface area contributed by atoms with Crippen LogP contribution in [0.3, 0.4) is 0 Å². The highest BCUT2D eigenvalue weighted by Gasteiger charge is 2.21. The molecule has 0 bridgehead atoms. The molecule has 3 N–H and O–H groups in total. The van der Waals surface area contributed by atoms with Crippen molar-refractivity contribution in [2.45, 2.75) is 18.9 Å². The minimum absolute atomic E-state index is 0. The zero-order valence-corrected chi connectivity index (χ0v) is 16.1. The number of anilines is 3. The highest BCUT2D eigenvalue weighted by atomic mass is 35.5. The van der Waals surface area contributed by atoms with E-state index in [0.717, 1.165) is 36.5 Å². The fraction of sp³-hybridized carbons (Fsp3) is 0.353. The quantitative estimate of drug-likeness (QED) is 0.629. The Kier molecular flexibility index (Phi) is 7.02. The van der Waals surface area contributed by atoms with Gasteiger partial charge in [0.25, 0.3) is 0 Å². The second-order valence-electron chi connectivity index (χ2n) is 6.08. The molecule has 0 amide bonds. The van der Waals surface area contributed by atoms with E-state index >= 15 is 0 Å². The van der Waals surface area contributed by atoms with Gasteiger partial charge in [0.15, 0.2) is 11.5 Å². The van der Waals surface area contributed by atoms with E-state index in [0.29, 0.717) is 17.6 Å². The molecule has 140 valence electrons. The number of aromatic amines is 1. The molecule has 0 radical (unpaired) electrons. The third-order valence-electron chi connectivity index (χ3n) is 4.44. The maximum absolute atomic E-state index is 4.75. The molecule has 1 aromatic carbocycles. The molecule has 2 aromatic heterocycles. The van der Waals surface area contributed by atoms with Crippen molar-refractivity contribution in [3.8, 4) is 0 Å². The van der Waals surface area contributed by atoms with Gasteiger partial charge in [0.1, 0.15) is 5.52 Å². The fourth-order valence-electron chi connectivity index (χ4n) is 3.06. The summed E-state index contributed by atoms with van der Waals surface area (Å²) in [4.78, 5) is 19.0. The average molecular weight is 396 g/mol. The minimum atomic E-state index is 0. The van der Waals surface area contributed by atoms with E-state index in [9.17, 15) is 0 Å². The van der Waals surface area contributed by atoms with Crippen molar-refractivity contribution < 1.29 is 0 Å². The van der Waals surface area contributed by atoms with Crippen LogP contribution in [0.2, 0.25) is 0 Å². The number of hydrogen-bond acceptors (Lipinski definition) is 6. The number of fused-ring (bicyclic) bond motifs is 1. The zero-order valence-electron chi connectivity index (χ0n) is 14.5. The van der Waals surface area contributed by atoms with Crippen LogP contribution >= 0.6 is 24.8 Å². The Morgan fingerprint density at radius 2 is 1.96 bits per heavy atom. The first kappa shape index (κ1) is 20.2. The number of hydrogen-bond donors (Lipinski definition) is 3. The third kappa shape index (κ3) is 4.17. The van der Waals surface area contributed by atoms with Crippen LogP contribution in [0.5, 0.6) is 0 Å². The molecule has 3 aromatic rings. The Morgan fingerprint density at radius 1 is 1.15 bits per heavy atom. The van der Waals surface area contributed by atoms with Gasteiger partial charge in [-0.3, -0.25) is 0 Å². The first-order valence-corrected chi connectivity index (χ1v) is 8.28. The summed E-state index contributed by atoms with van der Waals surface area (Å²) < 4.78 is 0. The van der Waals surface area contributed by atoms with E-state index in [-0.39, 0.29) is 24.8 Å². The SMILES string of the molecule is CN(c1nc(Nc2ccccc2)c2[nH]cnc2n1)C1CCCNC1.Cl.Cl. The number of imidazole rings is 1. The summed E-state index contributed by atoms with van der Waals surface area (Å²) in [6, 6.07) is 10.4. The van der Waals surface area contributed by atoms with Crippen LogP contribution < -0.4 is 15.5 Å². The van der Waals surface area contributed by atoms with Crippen molar-refractivity contribution in [3.05, 3.63) is 36.7 Å². The predicted octanol–water partition coefficient (Wildman–Crippen LogP) is 3.13. The first-order valence-electron chi connectivity index (χ1n) is 8.28. The van der Waals surface area contributed by atoms with Gasteiger partial charge in [0.05, 0.1) is 6.33 Å². The molecule has 1 aliphatic heterocycles. The first-order chi connectivity index (χ1) is 11.8. The van der Waals surface area contributed by atoms with Gasteiger partial charge in [-0.05, 0) is 31.5 Å². The van der Waals surface area contributed by atoms with Gasteiger partial charge in [-0.15, -0.1) is 24.8 Å². The van der Waals surface area contributed by atoms with Gasteiger partial charge >= 0.3 is 0 Å². The number of piperidine rings is 1. The summed E-state index contributed by atoms with van der Waals surface area (Å²) in [5.74, 6) is 1.44. The highest BCUT2D eigenvalue weighted by Crippen LogP contribution is 2.25. The largest absolute Gasteiger partial charge is 0.340 e. The molecule has 1 unspecified atom stereocenters. The fourth-order valence-corrected chi connectivity index (χ4v) is 3.06.